The molecule has 0 fully saturated rings. The van der Waals surface area contributed by atoms with Gasteiger partial charge in [0.1, 0.15) is 23.2 Å². The van der Waals surface area contributed by atoms with Crippen LogP contribution in [0.15, 0.2) is 64.6 Å². The van der Waals surface area contributed by atoms with E-state index in [9.17, 15) is 14.9 Å². The molecule has 0 aliphatic rings. The van der Waals surface area contributed by atoms with Gasteiger partial charge in [0.2, 0.25) is 0 Å². The summed E-state index contributed by atoms with van der Waals surface area (Å²) in [5, 5.41) is 13.0. The molecule has 6 nitrogen and oxygen atoms in total. The van der Waals surface area contributed by atoms with Crippen molar-refractivity contribution < 1.29 is 18.7 Å². The number of amides is 1. The number of benzene rings is 2. The fourth-order valence-corrected chi connectivity index (χ4v) is 3.22. The zero-order valence-electron chi connectivity index (χ0n) is 17.7. The molecule has 0 spiro atoms. The molecule has 0 saturated carbocycles. The summed E-state index contributed by atoms with van der Waals surface area (Å²) in [7, 11) is 0. The van der Waals surface area contributed by atoms with Gasteiger partial charge in [-0.05, 0) is 61.0 Å². The van der Waals surface area contributed by atoms with Crippen molar-refractivity contribution in [2.75, 3.05) is 11.9 Å². The average Bonchev–Trinajstić information content (AvgIpc) is 3.28. The van der Waals surface area contributed by atoms with Crippen molar-refractivity contribution in [3.63, 3.8) is 0 Å². The number of halogens is 2. The van der Waals surface area contributed by atoms with E-state index in [-0.39, 0.29) is 5.57 Å². The molecule has 1 N–H and O–H groups in total. The fraction of sp³-hybridized carbons (Fsp3) is 0.160. The summed E-state index contributed by atoms with van der Waals surface area (Å²) in [4.78, 5) is 24.5. The van der Waals surface area contributed by atoms with Crippen LogP contribution in [0.3, 0.4) is 0 Å². The summed E-state index contributed by atoms with van der Waals surface area (Å²) in [6.45, 7) is 2.37. The van der Waals surface area contributed by atoms with E-state index in [1.165, 1.54) is 6.08 Å². The Balaban J connectivity index is 1.69. The molecule has 0 aliphatic carbocycles. The van der Waals surface area contributed by atoms with Crippen LogP contribution in [0.4, 0.5) is 5.69 Å². The number of furan rings is 1. The minimum atomic E-state index is -0.616. The third kappa shape index (κ3) is 6.48. The molecule has 1 amide bonds. The lowest BCUT2D eigenvalue weighted by Gasteiger charge is -2.06. The minimum Gasteiger partial charge on any atom is -0.462 e. The van der Waals surface area contributed by atoms with E-state index in [0.717, 1.165) is 12.8 Å². The Morgan fingerprint density at radius 3 is 2.58 bits per heavy atom. The highest BCUT2D eigenvalue weighted by atomic mass is 35.5. The molecule has 3 rings (SSSR count). The average molecular weight is 483 g/mol. The smallest absolute Gasteiger partial charge is 0.338 e. The predicted octanol–water partition coefficient (Wildman–Crippen LogP) is 6.76. The molecule has 2 aromatic carbocycles. The minimum absolute atomic E-state index is 0.156. The summed E-state index contributed by atoms with van der Waals surface area (Å²) in [6.07, 6.45) is 3.06. The monoisotopic (exact) mass is 482 g/mol. The van der Waals surface area contributed by atoms with Crippen molar-refractivity contribution in [1.29, 1.82) is 5.26 Å². The van der Waals surface area contributed by atoms with Crippen LogP contribution in [0, 0.1) is 11.3 Å². The number of hydrogen-bond acceptors (Lipinski definition) is 5. The van der Waals surface area contributed by atoms with E-state index in [1.807, 2.05) is 13.0 Å². The largest absolute Gasteiger partial charge is 0.462 e. The molecule has 168 valence electrons. The first-order valence-corrected chi connectivity index (χ1v) is 10.9. The van der Waals surface area contributed by atoms with Gasteiger partial charge in [-0.2, -0.15) is 5.26 Å². The van der Waals surface area contributed by atoms with Crippen LogP contribution in [0.5, 0.6) is 0 Å². The highest BCUT2D eigenvalue weighted by Crippen LogP contribution is 2.32. The van der Waals surface area contributed by atoms with E-state index < -0.39 is 11.9 Å². The number of rotatable bonds is 8. The number of anilines is 1. The van der Waals surface area contributed by atoms with Crippen LogP contribution in [-0.2, 0) is 9.53 Å². The van der Waals surface area contributed by atoms with Gasteiger partial charge in [-0.1, -0.05) is 36.5 Å². The molecule has 0 saturated heterocycles. The molecule has 3 aromatic rings. The van der Waals surface area contributed by atoms with Crippen LogP contribution >= 0.6 is 23.2 Å². The van der Waals surface area contributed by atoms with E-state index in [2.05, 4.69) is 5.32 Å². The lowest BCUT2D eigenvalue weighted by molar-refractivity contribution is -0.112. The summed E-state index contributed by atoms with van der Waals surface area (Å²) in [6, 6.07) is 16.4. The second-order valence-electron chi connectivity index (χ2n) is 7.02. The maximum absolute atomic E-state index is 12.5. The van der Waals surface area contributed by atoms with Crippen molar-refractivity contribution in [2.24, 2.45) is 0 Å². The van der Waals surface area contributed by atoms with Crippen molar-refractivity contribution >= 4 is 46.8 Å². The Morgan fingerprint density at radius 2 is 1.88 bits per heavy atom. The Kier molecular flexibility index (Phi) is 8.31. The Bertz CT molecular complexity index is 1220. The molecular formula is C25H20Cl2N2O4. The first kappa shape index (κ1) is 24.1. The second-order valence-corrected chi connectivity index (χ2v) is 7.86. The van der Waals surface area contributed by atoms with E-state index >= 15 is 0 Å². The zero-order valence-corrected chi connectivity index (χ0v) is 19.2. The number of hydrogen-bond donors (Lipinski definition) is 1. The molecule has 0 aliphatic heterocycles. The quantitative estimate of drug-likeness (QED) is 0.166. The summed E-state index contributed by atoms with van der Waals surface area (Å²) < 4.78 is 10.9. The van der Waals surface area contributed by atoms with Gasteiger partial charge in [0, 0.05) is 22.3 Å². The third-order valence-corrected chi connectivity index (χ3v) is 5.15. The molecule has 0 bridgehead atoms. The van der Waals surface area contributed by atoms with Gasteiger partial charge in [0.05, 0.1) is 17.2 Å². The summed E-state index contributed by atoms with van der Waals surface area (Å²) in [5.74, 6) is -0.285. The molecule has 1 aromatic heterocycles. The van der Waals surface area contributed by atoms with Crippen LogP contribution in [-0.4, -0.2) is 18.5 Å². The molecular weight excluding hydrogens is 463 g/mol. The number of carbonyl (C=O) groups is 2. The first-order chi connectivity index (χ1) is 15.9. The van der Waals surface area contributed by atoms with Gasteiger partial charge in [0.25, 0.3) is 5.91 Å². The van der Waals surface area contributed by atoms with Gasteiger partial charge in [-0.25, -0.2) is 4.79 Å². The Labute approximate surface area is 201 Å². The lowest BCUT2D eigenvalue weighted by Crippen LogP contribution is -2.13. The molecule has 8 heteroatoms. The first-order valence-electron chi connectivity index (χ1n) is 10.2. The number of esters is 1. The lowest BCUT2D eigenvalue weighted by atomic mass is 10.2. The number of nitrogens with zero attached hydrogens (tertiary/aromatic N) is 1. The van der Waals surface area contributed by atoms with E-state index in [1.54, 1.807) is 54.6 Å². The van der Waals surface area contributed by atoms with Crippen molar-refractivity contribution in [3.05, 3.63) is 81.5 Å². The summed E-state index contributed by atoms with van der Waals surface area (Å²) >= 11 is 12.2. The maximum atomic E-state index is 12.5. The van der Waals surface area contributed by atoms with Crippen LogP contribution in [0.25, 0.3) is 17.4 Å². The third-order valence-electron chi connectivity index (χ3n) is 4.58. The van der Waals surface area contributed by atoms with Crippen molar-refractivity contribution in [1.82, 2.24) is 0 Å². The van der Waals surface area contributed by atoms with E-state index in [0.29, 0.717) is 45.0 Å². The molecule has 0 unspecified atom stereocenters. The molecule has 33 heavy (non-hydrogen) atoms. The van der Waals surface area contributed by atoms with Gasteiger partial charge >= 0.3 is 5.97 Å². The maximum Gasteiger partial charge on any atom is 0.338 e. The van der Waals surface area contributed by atoms with E-state index in [4.69, 9.17) is 32.4 Å². The fourth-order valence-electron chi connectivity index (χ4n) is 2.83. The number of unbranched alkanes of at least 4 members (excludes halogenated alkanes) is 1. The van der Waals surface area contributed by atoms with Gasteiger partial charge in [-0.3, -0.25) is 4.79 Å². The SMILES string of the molecule is CCCCOC(=O)c1ccc(NC(=O)C(C#N)=Cc2ccc(-c3cc(Cl)ccc3Cl)o2)cc1. The second kappa shape index (κ2) is 11.4. The topological polar surface area (TPSA) is 92.3 Å². The zero-order chi connectivity index (χ0) is 23.8. The molecule has 1 heterocycles. The van der Waals surface area contributed by atoms with Gasteiger partial charge < -0.3 is 14.5 Å². The molecule has 0 radical (unpaired) electrons. The molecule has 0 atom stereocenters. The van der Waals surface area contributed by atoms with Crippen LogP contribution in [0.1, 0.15) is 35.9 Å². The number of nitrogens with one attached hydrogen (secondary N) is 1. The summed E-state index contributed by atoms with van der Waals surface area (Å²) in [5.41, 5.74) is 1.25. The number of nitriles is 1. The highest BCUT2D eigenvalue weighted by molar-refractivity contribution is 6.35. The predicted molar refractivity (Wildman–Crippen MR) is 128 cm³/mol. The van der Waals surface area contributed by atoms with Gasteiger partial charge in [-0.15, -0.1) is 0 Å². The van der Waals surface area contributed by atoms with Crippen molar-refractivity contribution in [3.8, 4) is 17.4 Å². The Morgan fingerprint density at radius 1 is 1.12 bits per heavy atom. The standard InChI is InChI=1S/C25H20Cl2N2O4/c1-2-3-12-32-25(31)16-4-7-19(8-5-16)29-24(30)17(15-28)13-20-9-11-23(33-20)21-14-18(26)6-10-22(21)27/h4-11,13-14H,2-3,12H2,1H3,(H,29,30). The normalized spacial score (nSPS) is 11.0. The Hall–Kier alpha value is -3.53. The van der Waals surface area contributed by atoms with Gasteiger partial charge in [0.15, 0.2) is 0 Å². The number of carbonyl (C=O) groups excluding carboxylic acids is 2. The van der Waals surface area contributed by atoms with Crippen molar-refractivity contribution in [2.45, 2.75) is 19.8 Å². The van der Waals surface area contributed by atoms with Crippen LogP contribution < -0.4 is 5.32 Å². The van der Waals surface area contributed by atoms with Crippen LogP contribution in [0.2, 0.25) is 10.0 Å². The highest BCUT2D eigenvalue weighted by Gasteiger charge is 2.14. The number of ether oxygens (including phenoxy) is 1.